The highest BCUT2D eigenvalue weighted by Crippen LogP contribution is 2.30. The van der Waals surface area contributed by atoms with Crippen LogP contribution in [0.15, 0.2) is 48.5 Å². The van der Waals surface area contributed by atoms with Crippen LogP contribution in [0.1, 0.15) is 24.0 Å². The van der Waals surface area contributed by atoms with Crippen LogP contribution in [0.25, 0.3) is 6.08 Å². The summed E-state index contributed by atoms with van der Waals surface area (Å²) >= 11 is 0. The summed E-state index contributed by atoms with van der Waals surface area (Å²) in [4.78, 5) is 14.1. The number of fused-ring (bicyclic) bond motifs is 1. The van der Waals surface area contributed by atoms with Crippen LogP contribution in [0.5, 0.6) is 0 Å². The standard InChI is InChI=1S/C21H21FN2O3S/c22-19-6-1-4-17-5-2-13-23(21(17)19)20(25)12-9-16-7-10-18(11-8-16)24-14-3-15-28(24,26)27/h1,4,6-12H,2-3,5,13-15H2/b12-9+. The molecule has 1 saturated heterocycles. The van der Waals surface area contributed by atoms with E-state index >= 15 is 0 Å². The van der Waals surface area contributed by atoms with Crippen molar-refractivity contribution in [1.29, 1.82) is 0 Å². The Kier molecular flexibility index (Phi) is 4.93. The normalized spacial score (nSPS) is 18.5. The molecule has 7 heteroatoms. The maximum atomic E-state index is 14.2. The molecule has 1 amide bonds. The van der Waals surface area contributed by atoms with Crippen molar-refractivity contribution in [3.05, 3.63) is 65.5 Å². The zero-order valence-corrected chi connectivity index (χ0v) is 16.2. The number of anilines is 2. The van der Waals surface area contributed by atoms with Crippen LogP contribution in [0.3, 0.4) is 0 Å². The summed E-state index contributed by atoms with van der Waals surface area (Å²) in [6, 6.07) is 11.9. The zero-order chi connectivity index (χ0) is 19.7. The lowest BCUT2D eigenvalue weighted by Gasteiger charge is -2.28. The van der Waals surface area contributed by atoms with Crippen LogP contribution in [-0.2, 0) is 21.2 Å². The van der Waals surface area contributed by atoms with Crippen molar-refractivity contribution in [3.8, 4) is 0 Å². The van der Waals surface area contributed by atoms with Crippen LogP contribution in [0, 0.1) is 5.82 Å². The van der Waals surface area contributed by atoms with Crippen LogP contribution in [0.4, 0.5) is 15.8 Å². The van der Waals surface area contributed by atoms with Gasteiger partial charge in [0.05, 0.1) is 17.1 Å². The number of amides is 1. The second-order valence-electron chi connectivity index (χ2n) is 7.01. The number of carbonyl (C=O) groups is 1. The predicted molar refractivity (Wildman–Crippen MR) is 108 cm³/mol. The summed E-state index contributed by atoms with van der Waals surface area (Å²) < 4.78 is 39.6. The van der Waals surface area contributed by atoms with Gasteiger partial charge in [-0.15, -0.1) is 0 Å². The molecule has 2 aromatic carbocycles. The number of nitrogens with zero attached hydrogens (tertiary/aromatic N) is 2. The highest BCUT2D eigenvalue weighted by atomic mass is 32.2. The second-order valence-corrected chi connectivity index (χ2v) is 9.02. The number of halogens is 1. The Bertz CT molecular complexity index is 1030. The number of rotatable bonds is 3. The molecule has 2 aliphatic rings. The van der Waals surface area contributed by atoms with Crippen molar-refractivity contribution >= 4 is 33.4 Å². The van der Waals surface area contributed by atoms with E-state index in [-0.39, 0.29) is 17.5 Å². The van der Waals surface area contributed by atoms with Gasteiger partial charge in [0.1, 0.15) is 5.82 Å². The lowest BCUT2D eigenvalue weighted by molar-refractivity contribution is -0.114. The molecule has 2 aromatic rings. The average Bonchev–Trinajstić information content (AvgIpc) is 3.05. The summed E-state index contributed by atoms with van der Waals surface area (Å²) in [7, 11) is -3.21. The zero-order valence-electron chi connectivity index (χ0n) is 15.3. The molecule has 2 heterocycles. The van der Waals surface area contributed by atoms with Crippen molar-refractivity contribution in [2.24, 2.45) is 0 Å². The summed E-state index contributed by atoms with van der Waals surface area (Å²) in [6.45, 7) is 0.985. The highest BCUT2D eigenvalue weighted by Gasteiger charge is 2.28. The fourth-order valence-corrected chi connectivity index (χ4v) is 5.33. The Morgan fingerprint density at radius 1 is 1.04 bits per heavy atom. The minimum atomic E-state index is -3.21. The van der Waals surface area contributed by atoms with Crippen molar-refractivity contribution in [3.63, 3.8) is 0 Å². The minimum Gasteiger partial charge on any atom is -0.306 e. The molecule has 0 aromatic heterocycles. The van der Waals surface area contributed by atoms with Gasteiger partial charge in [-0.05, 0) is 54.7 Å². The number of aryl methyl sites for hydroxylation is 1. The molecule has 0 unspecified atom stereocenters. The molecule has 2 aliphatic heterocycles. The predicted octanol–water partition coefficient (Wildman–Crippen LogP) is 3.36. The minimum absolute atomic E-state index is 0.178. The van der Waals surface area contributed by atoms with E-state index in [1.54, 1.807) is 36.4 Å². The molecule has 0 spiro atoms. The van der Waals surface area contributed by atoms with E-state index in [0.29, 0.717) is 30.9 Å². The van der Waals surface area contributed by atoms with Gasteiger partial charge in [-0.25, -0.2) is 12.8 Å². The third-order valence-electron chi connectivity index (χ3n) is 5.13. The van der Waals surface area contributed by atoms with Crippen LogP contribution in [0.2, 0.25) is 0 Å². The Morgan fingerprint density at radius 2 is 1.82 bits per heavy atom. The molecule has 146 valence electrons. The van der Waals surface area contributed by atoms with Crippen LogP contribution < -0.4 is 9.21 Å². The van der Waals surface area contributed by atoms with Gasteiger partial charge >= 0.3 is 0 Å². The maximum Gasteiger partial charge on any atom is 0.251 e. The van der Waals surface area contributed by atoms with Crippen LogP contribution in [-0.4, -0.2) is 33.2 Å². The van der Waals surface area contributed by atoms with Crippen molar-refractivity contribution < 1.29 is 17.6 Å². The van der Waals surface area contributed by atoms with Crippen LogP contribution >= 0.6 is 0 Å². The molecule has 28 heavy (non-hydrogen) atoms. The Balaban J connectivity index is 1.50. The summed E-state index contributed by atoms with van der Waals surface area (Å²) in [6.07, 6.45) is 5.30. The number of hydrogen-bond donors (Lipinski definition) is 0. The molecular formula is C21H21FN2O3S. The fourth-order valence-electron chi connectivity index (χ4n) is 3.76. The van der Waals surface area contributed by atoms with Gasteiger partial charge in [0.2, 0.25) is 10.0 Å². The van der Waals surface area contributed by atoms with E-state index in [4.69, 9.17) is 0 Å². The van der Waals surface area contributed by atoms with Crippen molar-refractivity contribution in [1.82, 2.24) is 0 Å². The van der Waals surface area contributed by atoms with Crippen molar-refractivity contribution in [2.45, 2.75) is 19.3 Å². The second kappa shape index (κ2) is 7.39. The summed E-state index contributed by atoms with van der Waals surface area (Å²) in [5, 5.41) is 0. The summed E-state index contributed by atoms with van der Waals surface area (Å²) in [5.41, 5.74) is 2.63. The average molecular weight is 400 g/mol. The van der Waals surface area contributed by atoms with Gasteiger partial charge in [-0.2, -0.15) is 0 Å². The van der Waals surface area contributed by atoms with Gasteiger partial charge in [-0.1, -0.05) is 24.3 Å². The highest BCUT2D eigenvalue weighted by molar-refractivity contribution is 7.93. The Morgan fingerprint density at radius 3 is 2.54 bits per heavy atom. The molecule has 5 nitrogen and oxygen atoms in total. The van der Waals surface area contributed by atoms with Crippen molar-refractivity contribution in [2.75, 3.05) is 28.0 Å². The van der Waals surface area contributed by atoms with E-state index in [1.807, 2.05) is 6.07 Å². The molecule has 4 rings (SSSR count). The SMILES string of the molecule is O=C(/C=C/c1ccc(N2CCCS2(=O)=O)cc1)N1CCCc2cccc(F)c21. The van der Waals surface area contributed by atoms with Gasteiger partial charge in [0.25, 0.3) is 5.91 Å². The molecule has 0 bridgehead atoms. The number of carbonyl (C=O) groups excluding carboxylic acids is 1. The Hall–Kier alpha value is -2.67. The first-order valence-corrected chi connectivity index (χ1v) is 10.9. The monoisotopic (exact) mass is 400 g/mol. The molecule has 1 fully saturated rings. The van der Waals surface area contributed by atoms with E-state index < -0.39 is 10.0 Å². The van der Waals surface area contributed by atoms with E-state index in [2.05, 4.69) is 0 Å². The first-order chi connectivity index (χ1) is 13.5. The van der Waals surface area contributed by atoms with E-state index in [1.165, 1.54) is 21.3 Å². The van der Waals surface area contributed by atoms with Gasteiger partial charge in [-0.3, -0.25) is 9.10 Å². The van der Waals surface area contributed by atoms with Gasteiger partial charge < -0.3 is 4.90 Å². The van der Waals surface area contributed by atoms with Gasteiger partial charge in [0.15, 0.2) is 0 Å². The third-order valence-corrected chi connectivity index (χ3v) is 7.00. The van der Waals surface area contributed by atoms with E-state index in [0.717, 1.165) is 24.0 Å². The van der Waals surface area contributed by atoms with Gasteiger partial charge in [0, 0.05) is 19.2 Å². The molecule has 0 atom stereocenters. The lowest BCUT2D eigenvalue weighted by atomic mass is 10.0. The molecule has 0 aliphatic carbocycles. The smallest absolute Gasteiger partial charge is 0.251 e. The number of hydrogen-bond acceptors (Lipinski definition) is 3. The number of sulfonamides is 1. The molecule has 0 N–H and O–H groups in total. The fraction of sp³-hybridized carbons (Fsp3) is 0.286. The topological polar surface area (TPSA) is 57.7 Å². The summed E-state index contributed by atoms with van der Waals surface area (Å²) in [5.74, 6) is -0.468. The largest absolute Gasteiger partial charge is 0.306 e. The molecule has 0 radical (unpaired) electrons. The lowest BCUT2D eigenvalue weighted by Crippen LogP contribution is -2.35. The van der Waals surface area contributed by atoms with E-state index in [9.17, 15) is 17.6 Å². The first-order valence-electron chi connectivity index (χ1n) is 9.33. The Labute approximate surface area is 164 Å². The quantitative estimate of drug-likeness (QED) is 0.743. The number of para-hydroxylation sites is 1. The third kappa shape index (κ3) is 3.54. The first kappa shape index (κ1) is 18.7. The number of benzene rings is 2. The maximum absolute atomic E-state index is 14.2. The molecule has 0 saturated carbocycles. The molecular weight excluding hydrogens is 379 g/mol.